The van der Waals surface area contributed by atoms with Crippen LogP contribution < -0.4 is 0 Å². The first-order valence-electron chi connectivity index (χ1n) is 2.23. The van der Waals surface area contributed by atoms with Crippen LogP contribution in [-0.2, 0) is 0 Å². The van der Waals surface area contributed by atoms with E-state index in [1.165, 1.54) is 0 Å². The summed E-state index contributed by atoms with van der Waals surface area (Å²) in [5.41, 5.74) is 0.647. The Labute approximate surface area is 54.4 Å². The van der Waals surface area contributed by atoms with E-state index >= 15 is 0 Å². The van der Waals surface area contributed by atoms with Gasteiger partial charge < -0.3 is 0 Å². The zero-order valence-electron chi connectivity index (χ0n) is 4.22. The van der Waals surface area contributed by atoms with Gasteiger partial charge in [-0.1, -0.05) is 0 Å². The van der Waals surface area contributed by atoms with Crippen molar-refractivity contribution in [2.75, 3.05) is 0 Å². The molecule has 0 N–H and O–H groups in total. The average Bonchev–Trinajstić information content (AvgIpc) is 2.33. The molecule has 5 nitrogen and oxygen atoms in total. The summed E-state index contributed by atoms with van der Waals surface area (Å²) in [6.45, 7) is 0. The van der Waals surface area contributed by atoms with E-state index in [0.29, 0.717) is 11.5 Å². The van der Waals surface area contributed by atoms with E-state index in [-0.39, 0.29) is 0 Å². The summed E-state index contributed by atoms with van der Waals surface area (Å²) < 4.78 is 7.61. The minimum absolute atomic E-state index is 0.565. The molecule has 6 heteroatoms. The predicted molar refractivity (Wildman–Crippen MR) is 29.9 cm³/mol. The molecule has 2 heterocycles. The van der Waals surface area contributed by atoms with Crippen LogP contribution in [0.1, 0.15) is 0 Å². The topological polar surface area (TPSA) is 64.5 Å². The van der Waals surface area contributed by atoms with Crippen molar-refractivity contribution in [2.45, 2.75) is 0 Å². The normalized spacial score (nSPS) is 10.2. The average molecular weight is 139 g/mol. The van der Waals surface area contributed by atoms with E-state index < -0.39 is 0 Å². The van der Waals surface area contributed by atoms with E-state index in [0.717, 1.165) is 11.7 Å². The van der Waals surface area contributed by atoms with Gasteiger partial charge in [-0.15, -0.1) is 10.2 Å². The molecule has 0 aromatic rings. The highest BCUT2D eigenvalue weighted by atomic mass is 32.1. The molecule has 0 radical (unpaired) electrons. The van der Waals surface area contributed by atoms with Crippen molar-refractivity contribution in [2.24, 2.45) is 0 Å². The Kier molecular flexibility index (Phi) is 0.863. The van der Waals surface area contributed by atoms with Crippen molar-refractivity contribution < 1.29 is 0 Å². The molecule has 0 aliphatic carbocycles. The van der Waals surface area contributed by atoms with Gasteiger partial charge in [0.05, 0.1) is 17.9 Å². The van der Waals surface area contributed by atoms with Crippen LogP contribution in [0.15, 0.2) is 6.20 Å². The van der Waals surface area contributed by atoms with Gasteiger partial charge in [0, 0.05) is 0 Å². The minimum Gasteiger partial charge on any atom is -0.181 e. The Hall–Kier alpha value is -1.17. The maximum atomic E-state index is 3.84. The molecule has 0 fully saturated rings. The van der Waals surface area contributed by atoms with Crippen LogP contribution >= 0.6 is 11.7 Å². The predicted octanol–water partition coefficient (Wildman–Crippen LogP) is -0.172. The lowest BCUT2D eigenvalue weighted by molar-refractivity contribution is 0.948. The second kappa shape index (κ2) is 1.66. The molecule has 0 saturated heterocycles. The third-order valence-electron chi connectivity index (χ3n) is 0.870. The van der Waals surface area contributed by atoms with Crippen LogP contribution in [0.3, 0.4) is 0 Å². The first-order chi connectivity index (χ1) is 4.47. The lowest BCUT2D eigenvalue weighted by Crippen LogP contribution is -1.80. The van der Waals surface area contributed by atoms with Crippen LogP contribution in [0.25, 0.3) is 11.5 Å². The number of aromatic nitrogens is 5. The van der Waals surface area contributed by atoms with E-state index in [4.69, 9.17) is 0 Å². The monoisotopic (exact) mass is 139 g/mol. The molecule has 0 atom stereocenters. The molecule has 2 aliphatic rings. The lowest BCUT2D eigenvalue weighted by Gasteiger charge is -1.82. The summed E-state index contributed by atoms with van der Waals surface area (Å²) in [7, 11) is 0. The van der Waals surface area contributed by atoms with Crippen molar-refractivity contribution in [3.63, 3.8) is 0 Å². The smallest absolute Gasteiger partial charge is 0.181 e. The van der Waals surface area contributed by atoms with Crippen LogP contribution in [0.2, 0.25) is 0 Å². The van der Waals surface area contributed by atoms with E-state index in [9.17, 15) is 0 Å². The van der Waals surface area contributed by atoms with Crippen LogP contribution in [0, 0.1) is 0 Å². The van der Waals surface area contributed by atoms with E-state index in [2.05, 4.69) is 24.2 Å². The molecular formula is C3HN5S. The molecule has 0 aromatic heterocycles. The van der Waals surface area contributed by atoms with Gasteiger partial charge in [-0.05, 0) is 5.21 Å². The Morgan fingerprint density at radius 1 is 1.33 bits per heavy atom. The van der Waals surface area contributed by atoms with E-state index in [1.54, 1.807) is 6.20 Å². The lowest BCUT2D eigenvalue weighted by atomic mass is 10.5. The molecule has 44 valence electrons. The summed E-state index contributed by atoms with van der Waals surface area (Å²) in [6, 6.07) is 0. The van der Waals surface area contributed by atoms with Gasteiger partial charge in [-0.3, -0.25) is 0 Å². The third kappa shape index (κ3) is 0.636. The number of rotatable bonds is 0. The fourth-order valence-corrected chi connectivity index (χ4v) is 0.895. The van der Waals surface area contributed by atoms with Crippen molar-refractivity contribution in [3.8, 4) is 11.5 Å². The standard InChI is InChI=1S/C3HN5S/c1-2-3(6-8-5-2)7-9-4-1/h1H. The first-order valence-corrected chi connectivity index (χ1v) is 2.96. The van der Waals surface area contributed by atoms with Crippen molar-refractivity contribution >= 4 is 11.7 Å². The molecule has 9 heavy (non-hydrogen) atoms. The summed E-state index contributed by atoms with van der Waals surface area (Å²) >= 11 is 1.09. The van der Waals surface area contributed by atoms with Crippen LogP contribution in [-0.4, -0.2) is 24.2 Å². The molecule has 2 aliphatic heterocycles. The van der Waals surface area contributed by atoms with Gasteiger partial charge in [-0.25, -0.2) is 0 Å². The Bertz CT molecular complexity index is 252. The van der Waals surface area contributed by atoms with Crippen molar-refractivity contribution in [1.29, 1.82) is 0 Å². The van der Waals surface area contributed by atoms with E-state index in [1.807, 2.05) is 0 Å². The minimum atomic E-state index is 0.565. The number of hydrogen-bond donors (Lipinski definition) is 0. The molecule has 2 rings (SSSR count). The largest absolute Gasteiger partial charge is 0.219 e. The van der Waals surface area contributed by atoms with Gasteiger partial charge in [-0.2, -0.15) is 8.75 Å². The molecule has 0 spiro atoms. The maximum Gasteiger partial charge on any atom is 0.219 e. The molecule has 0 amide bonds. The maximum absolute atomic E-state index is 3.84. The highest BCUT2D eigenvalue weighted by Crippen LogP contribution is 2.08. The summed E-state index contributed by atoms with van der Waals surface area (Å²) in [4.78, 5) is 0. The zero-order valence-corrected chi connectivity index (χ0v) is 5.04. The first kappa shape index (κ1) is 4.68. The highest BCUT2D eigenvalue weighted by Gasteiger charge is 2.05. The van der Waals surface area contributed by atoms with Gasteiger partial charge in [0.25, 0.3) is 0 Å². The molecule has 0 bridgehead atoms. The SMILES string of the molecule is c1nsnc2nnnc1-2. The van der Waals surface area contributed by atoms with Gasteiger partial charge >= 0.3 is 0 Å². The number of fused-ring (bicyclic) bond motifs is 1. The van der Waals surface area contributed by atoms with Gasteiger partial charge in [0.1, 0.15) is 0 Å². The summed E-state index contributed by atoms with van der Waals surface area (Å²) in [5, 5.41) is 10.7. The second-order valence-electron chi connectivity index (χ2n) is 1.41. The Balaban J connectivity index is 2.79. The fourth-order valence-electron chi connectivity index (χ4n) is 0.493. The molecule has 0 aromatic carbocycles. The van der Waals surface area contributed by atoms with Crippen LogP contribution in [0.5, 0.6) is 0 Å². The molecular weight excluding hydrogens is 138 g/mol. The summed E-state index contributed by atoms with van der Waals surface area (Å²) in [6.07, 6.45) is 1.59. The quantitative estimate of drug-likeness (QED) is 0.507. The van der Waals surface area contributed by atoms with Crippen molar-refractivity contribution in [3.05, 3.63) is 6.20 Å². The molecule has 0 unspecified atom stereocenters. The fraction of sp³-hybridized carbons (Fsp3) is 0. The molecule has 0 saturated carbocycles. The number of hydrogen-bond acceptors (Lipinski definition) is 6. The van der Waals surface area contributed by atoms with Crippen molar-refractivity contribution in [1.82, 2.24) is 24.2 Å². The summed E-state index contributed by atoms with van der Waals surface area (Å²) in [5.74, 6) is 0.565. The number of nitrogens with zero attached hydrogens (tertiary/aromatic N) is 5. The zero-order chi connectivity index (χ0) is 6.10. The van der Waals surface area contributed by atoms with Gasteiger partial charge in [0.2, 0.25) is 5.82 Å². The Morgan fingerprint density at radius 2 is 2.33 bits per heavy atom. The van der Waals surface area contributed by atoms with Gasteiger partial charge in [0.15, 0.2) is 5.69 Å². The van der Waals surface area contributed by atoms with Crippen LogP contribution in [0.4, 0.5) is 0 Å². The highest BCUT2D eigenvalue weighted by molar-refractivity contribution is 6.99. The second-order valence-corrected chi connectivity index (χ2v) is 1.96. The Morgan fingerprint density at radius 3 is 3.22 bits per heavy atom. The third-order valence-corrected chi connectivity index (χ3v) is 1.32.